The first-order valence-corrected chi connectivity index (χ1v) is 4.27. The Labute approximate surface area is 76.3 Å². The molecule has 1 N–H and O–H groups in total. The van der Waals surface area contributed by atoms with Gasteiger partial charge in [-0.1, -0.05) is 0 Å². The normalized spacial score (nSPS) is 16.4. The first-order valence-electron chi connectivity index (χ1n) is 4.27. The van der Waals surface area contributed by atoms with Gasteiger partial charge in [-0.3, -0.25) is 4.68 Å². The zero-order valence-corrected chi connectivity index (χ0v) is 7.53. The van der Waals surface area contributed by atoms with Gasteiger partial charge in [-0.25, -0.2) is 4.79 Å². The second-order valence-electron chi connectivity index (χ2n) is 3.10. The maximum Gasteiger partial charge on any atom is 0.317 e. The van der Waals surface area contributed by atoms with Crippen LogP contribution in [0.25, 0.3) is 0 Å². The first kappa shape index (κ1) is 8.10. The number of nitrogens with zero attached hydrogens (tertiary/aromatic N) is 3. The van der Waals surface area contributed by atoms with E-state index in [4.69, 9.17) is 0 Å². The third-order valence-corrected chi connectivity index (χ3v) is 2.22. The Morgan fingerprint density at radius 3 is 3.08 bits per heavy atom. The summed E-state index contributed by atoms with van der Waals surface area (Å²) in [4.78, 5) is 13.0. The lowest BCUT2D eigenvalue weighted by Crippen LogP contribution is -2.28. The summed E-state index contributed by atoms with van der Waals surface area (Å²) in [6, 6.07) is 1.94. The predicted molar refractivity (Wildman–Crippen MR) is 47.0 cm³/mol. The quantitative estimate of drug-likeness (QED) is 0.693. The summed E-state index contributed by atoms with van der Waals surface area (Å²) in [5.41, 5.74) is 1.05. The van der Waals surface area contributed by atoms with Crippen molar-refractivity contribution in [1.82, 2.24) is 20.0 Å². The number of carbonyl (C=O) groups excluding carboxylic acids is 1. The Morgan fingerprint density at radius 1 is 1.69 bits per heavy atom. The fraction of sp³-hybridized carbons (Fsp3) is 0.500. The predicted octanol–water partition coefficient (Wildman–Crippen LogP) is -0.0547. The summed E-state index contributed by atoms with van der Waals surface area (Å²) in [6.07, 6.45) is 1.74. The smallest absolute Gasteiger partial charge is 0.317 e. The maximum absolute atomic E-state index is 11.2. The van der Waals surface area contributed by atoms with Gasteiger partial charge >= 0.3 is 6.03 Å². The van der Waals surface area contributed by atoms with Gasteiger partial charge in [0.1, 0.15) is 0 Å². The molecule has 1 aromatic heterocycles. The van der Waals surface area contributed by atoms with Crippen molar-refractivity contribution in [3.8, 4) is 0 Å². The molecule has 1 aliphatic heterocycles. The number of nitrogens with one attached hydrogen (secondary N) is 1. The number of urea groups is 1. The molecular formula is C8H12N4O. The van der Waals surface area contributed by atoms with Crippen molar-refractivity contribution >= 4 is 6.03 Å². The largest absolute Gasteiger partial charge is 0.336 e. The number of amides is 2. The van der Waals surface area contributed by atoms with Crippen molar-refractivity contribution in [2.45, 2.75) is 6.54 Å². The van der Waals surface area contributed by atoms with Crippen molar-refractivity contribution in [3.05, 3.63) is 18.0 Å². The zero-order chi connectivity index (χ0) is 9.26. The van der Waals surface area contributed by atoms with Gasteiger partial charge in [0.2, 0.25) is 0 Å². The fourth-order valence-corrected chi connectivity index (χ4v) is 1.41. The lowest BCUT2D eigenvalue weighted by atomic mass is 10.4. The molecule has 0 spiro atoms. The molecule has 2 amide bonds. The second-order valence-corrected chi connectivity index (χ2v) is 3.10. The summed E-state index contributed by atoms with van der Waals surface area (Å²) in [5, 5.41) is 6.80. The molecular weight excluding hydrogens is 168 g/mol. The SMILES string of the molecule is Cn1nccc1CN1CCNC1=O. The monoisotopic (exact) mass is 180 g/mol. The van der Waals surface area contributed by atoms with E-state index in [9.17, 15) is 4.79 Å². The molecule has 2 rings (SSSR count). The van der Waals surface area contributed by atoms with Crippen molar-refractivity contribution in [2.24, 2.45) is 7.05 Å². The second kappa shape index (κ2) is 3.08. The minimum Gasteiger partial charge on any atom is -0.336 e. The van der Waals surface area contributed by atoms with Gasteiger partial charge in [0.15, 0.2) is 0 Å². The summed E-state index contributed by atoms with van der Waals surface area (Å²) < 4.78 is 1.78. The molecule has 1 aliphatic rings. The average molecular weight is 180 g/mol. The van der Waals surface area contributed by atoms with Crippen LogP contribution in [0, 0.1) is 0 Å². The van der Waals surface area contributed by atoms with E-state index in [1.165, 1.54) is 0 Å². The van der Waals surface area contributed by atoms with Crippen molar-refractivity contribution in [1.29, 1.82) is 0 Å². The average Bonchev–Trinajstić information content (AvgIpc) is 2.65. The summed E-state index contributed by atoms with van der Waals surface area (Å²) in [6.45, 7) is 2.17. The molecule has 0 aromatic carbocycles. The highest BCUT2D eigenvalue weighted by atomic mass is 16.2. The number of hydrogen-bond donors (Lipinski definition) is 1. The molecule has 1 fully saturated rings. The van der Waals surface area contributed by atoms with Crippen LogP contribution in [0.15, 0.2) is 12.3 Å². The van der Waals surface area contributed by atoms with E-state index >= 15 is 0 Å². The topological polar surface area (TPSA) is 50.2 Å². The van der Waals surface area contributed by atoms with E-state index in [1.807, 2.05) is 13.1 Å². The molecule has 0 bridgehead atoms. The summed E-state index contributed by atoms with van der Waals surface area (Å²) >= 11 is 0. The molecule has 5 heteroatoms. The van der Waals surface area contributed by atoms with E-state index in [0.717, 1.165) is 18.8 Å². The number of rotatable bonds is 2. The van der Waals surface area contributed by atoms with Crippen LogP contribution in [0.5, 0.6) is 0 Å². The van der Waals surface area contributed by atoms with E-state index < -0.39 is 0 Å². The molecule has 0 aliphatic carbocycles. The molecule has 1 aromatic rings. The first-order chi connectivity index (χ1) is 6.27. The number of carbonyl (C=O) groups is 1. The van der Waals surface area contributed by atoms with Gasteiger partial charge < -0.3 is 10.2 Å². The van der Waals surface area contributed by atoms with Gasteiger partial charge in [0, 0.05) is 26.3 Å². The van der Waals surface area contributed by atoms with Crippen LogP contribution in [0.4, 0.5) is 4.79 Å². The highest BCUT2D eigenvalue weighted by Crippen LogP contribution is 2.05. The van der Waals surface area contributed by atoms with E-state index in [-0.39, 0.29) is 6.03 Å². The molecule has 0 saturated carbocycles. The van der Waals surface area contributed by atoms with E-state index in [1.54, 1.807) is 15.8 Å². The highest BCUT2D eigenvalue weighted by Gasteiger charge is 2.19. The molecule has 5 nitrogen and oxygen atoms in total. The van der Waals surface area contributed by atoms with Gasteiger partial charge in [-0.05, 0) is 6.07 Å². The van der Waals surface area contributed by atoms with Crippen LogP contribution in [0.1, 0.15) is 5.69 Å². The molecule has 2 heterocycles. The standard InChI is InChI=1S/C8H12N4O/c1-11-7(2-3-10-11)6-12-5-4-9-8(12)13/h2-3H,4-6H2,1H3,(H,9,13). The van der Waals surface area contributed by atoms with Crippen LogP contribution in [-0.4, -0.2) is 33.8 Å². The van der Waals surface area contributed by atoms with Gasteiger partial charge in [-0.15, -0.1) is 0 Å². The third-order valence-electron chi connectivity index (χ3n) is 2.22. The Morgan fingerprint density at radius 2 is 2.54 bits per heavy atom. The Balaban J connectivity index is 2.06. The lowest BCUT2D eigenvalue weighted by molar-refractivity contribution is 0.214. The van der Waals surface area contributed by atoms with E-state index in [0.29, 0.717) is 6.54 Å². The minimum absolute atomic E-state index is 0.0150. The Bertz CT molecular complexity index is 320. The molecule has 70 valence electrons. The van der Waals surface area contributed by atoms with Crippen LogP contribution in [0.3, 0.4) is 0 Å². The van der Waals surface area contributed by atoms with Crippen molar-refractivity contribution in [2.75, 3.05) is 13.1 Å². The van der Waals surface area contributed by atoms with Gasteiger partial charge in [-0.2, -0.15) is 5.10 Å². The number of aromatic nitrogens is 2. The maximum atomic E-state index is 11.2. The number of hydrogen-bond acceptors (Lipinski definition) is 2. The highest BCUT2D eigenvalue weighted by molar-refractivity contribution is 5.76. The molecule has 0 unspecified atom stereocenters. The zero-order valence-electron chi connectivity index (χ0n) is 7.53. The molecule has 0 radical (unpaired) electrons. The van der Waals surface area contributed by atoms with Crippen LogP contribution < -0.4 is 5.32 Å². The van der Waals surface area contributed by atoms with Crippen LogP contribution in [0.2, 0.25) is 0 Å². The number of aryl methyl sites for hydroxylation is 1. The lowest BCUT2D eigenvalue weighted by Gasteiger charge is -2.13. The van der Waals surface area contributed by atoms with Gasteiger partial charge in [0.05, 0.1) is 12.2 Å². The van der Waals surface area contributed by atoms with Crippen LogP contribution >= 0.6 is 0 Å². The van der Waals surface area contributed by atoms with E-state index in [2.05, 4.69) is 10.4 Å². The van der Waals surface area contributed by atoms with Crippen molar-refractivity contribution < 1.29 is 4.79 Å². The fourth-order valence-electron chi connectivity index (χ4n) is 1.41. The summed E-state index contributed by atoms with van der Waals surface area (Å²) in [7, 11) is 1.88. The third kappa shape index (κ3) is 1.49. The summed E-state index contributed by atoms with van der Waals surface area (Å²) in [5.74, 6) is 0. The molecule has 1 saturated heterocycles. The van der Waals surface area contributed by atoms with Crippen molar-refractivity contribution in [3.63, 3.8) is 0 Å². The molecule has 0 atom stereocenters. The van der Waals surface area contributed by atoms with Crippen LogP contribution in [-0.2, 0) is 13.6 Å². The Hall–Kier alpha value is -1.52. The van der Waals surface area contributed by atoms with Gasteiger partial charge in [0.25, 0.3) is 0 Å². The Kier molecular flexibility index (Phi) is 1.92. The molecule has 13 heavy (non-hydrogen) atoms. The minimum atomic E-state index is 0.0150.